The quantitative estimate of drug-likeness (QED) is 0.781. The molecule has 0 saturated heterocycles. The van der Waals surface area contributed by atoms with E-state index in [0.29, 0.717) is 0 Å². The third-order valence-corrected chi connectivity index (χ3v) is 2.67. The maximum absolute atomic E-state index is 11.4. The van der Waals surface area contributed by atoms with Crippen LogP contribution in [0.25, 0.3) is 0 Å². The zero-order valence-corrected chi connectivity index (χ0v) is 14.7. The second-order valence-corrected chi connectivity index (χ2v) is 4.36. The van der Waals surface area contributed by atoms with Gasteiger partial charge in [-0.15, -0.1) is 0 Å². The van der Waals surface area contributed by atoms with Gasteiger partial charge in [0.05, 0.1) is 12.1 Å². The topological polar surface area (TPSA) is 69.6 Å². The minimum Gasteiger partial charge on any atom is -0.391 e. The highest BCUT2D eigenvalue weighted by atomic mass is 16.3. The number of carbonyl (C=O) groups excluding carboxylic acids is 2. The molecule has 0 aromatic rings. The van der Waals surface area contributed by atoms with E-state index in [1.807, 2.05) is 27.7 Å². The molecule has 0 aromatic heterocycles. The second-order valence-electron chi connectivity index (χ2n) is 4.36. The smallest absolute Gasteiger partial charge is 0.220 e. The number of hydrogen-bond donors (Lipinski definition) is 2. The van der Waals surface area contributed by atoms with Gasteiger partial charge in [-0.2, -0.15) is 0 Å². The number of likely N-dealkylation sites (N-methyl/N-ethyl adjacent to an activating group) is 1. The highest BCUT2D eigenvalue weighted by Gasteiger charge is 2.30. The predicted octanol–water partition coefficient (Wildman–Crippen LogP) is 1.69. The Morgan fingerprint density at radius 1 is 1.15 bits per heavy atom. The van der Waals surface area contributed by atoms with Crippen molar-refractivity contribution in [3.63, 3.8) is 0 Å². The van der Waals surface area contributed by atoms with Gasteiger partial charge in [-0.25, -0.2) is 0 Å². The zero-order chi connectivity index (χ0) is 16.9. The summed E-state index contributed by atoms with van der Waals surface area (Å²) >= 11 is 0. The maximum Gasteiger partial charge on any atom is 0.220 e. The molecule has 0 fully saturated rings. The van der Waals surface area contributed by atoms with Gasteiger partial charge < -0.3 is 10.4 Å². The van der Waals surface area contributed by atoms with Crippen LogP contribution in [0.15, 0.2) is 0 Å². The van der Waals surface area contributed by atoms with Gasteiger partial charge in [0.25, 0.3) is 0 Å². The van der Waals surface area contributed by atoms with Gasteiger partial charge >= 0.3 is 0 Å². The van der Waals surface area contributed by atoms with E-state index >= 15 is 0 Å². The number of rotatable bonds is 6. The number of aliphatic hydroxyl groups excluding tert-OH is 1. The van der Waals surface area contributed by atoms with Gasteiger partial charge in [0, 0.05) is 13.5 Å². The number of ketones is 1. The first-order chi connectivity index (χ1) is 9.31. The first-order valence-electron chi connectivity index (χ1n) is 7.36. The number of amides is 1. The van der Waals surface area contributed by atoms with E-state index in [0.717, 1.165) is 0 Å². The minimum atomic E-state index is -0.829. The summed E-state index contributed by atoms with van der Waals surface area (Å²) in [5.41, 5.74) is 0. The van der Waals surface area contributed by atoms with Crippen LogP contribution in [0.1, 0.15) is 48.0 Å². The Hall–Kier alpha value is -0.940. The first kappa shape index (κ1) is 24.1. The monoisotopic (exact) mass is 290 g/mol. The fourth-order valence-corrected chi connectivity index (χ4v) is 1.74. The molecule has 1 amide bonds. The third-order valence-electron chi connectivity index (χ3n) is 2.67. The van der Waals surface area contributed by atoms with E-state index < -0.39 is 12.1 Å². The van der Waals surface area contributed by atoms with Crippen molar-refractivity contribution in [2.75, 3.05) is 21.1 Å². The summed E-state index contributed by atoms with van der Waals surface area (Å²) in [7, 11) is 5.03. The van der Waals surface area contributed by atoms with Crippen molar-refractivity contribution in [3.8, 4) is 0 Å². The largest absolute Gasteiger partial charge is 0.391 e. The molecule has 0 aliphatic carbocycles. The van der Waals surface area contributed by atoms with Crippen molar-refractivity contribution in [2.45, 2.75) is 60.1 Å². The van der Waals surface area contributed by atoms with Crippen LogP contribution in [-0.4, -0.2) is 55.0 Å². The number of hydrogen-bond acceptors (Lipinski definition) is 4. The van der Waals surface area contributed by atoms with E-state index in [1.165, 1.54) is 6.92 Å². The molecule has 0 radical (unpaired) electrons. The number of nitrogens with zero attached hydrogens (tertiary/aromatic N) is 1. The average molecular weight is 290 g/mol. The lowest BCUT2D eigenvalue weighted by molar-refractivity contribution is -0.129. The van der Waals surface area contributed by atoms with Crippen LogP contribution in [0.5, 0.6) is 0 Å². The Kier molecular flexibility index (Phi) is 17.4. The average Bonchev–Trinajstić information content (AvgIpc) is 2.42. The Morgan fingerprint density at radius 3 is 1.80 bits per heavy atom. The molecule has 122 valence electrons. The van der Waals surface area contributed by atoms with E-state index in [-0.39, 0.29) is 24.0 Å². The van der Waals surface area contributed by atoms with E-state index in [1.54, 1.807) is 33.0 Å². The fraction of sp³-hybridized carbons (Fsp3) is 0.867. The lowest BCUT2D eigenvalue weighted by Gasteiger charge is -2.30. The number of carbonyl (C=O) groups is 2. The summed E-state index contributed by atoms with van der Waals surface area (Å²) in [5.74, 6) is -0.481. The molecule has 5 heteroatoms. The lowest BCUT2D eigenvalue weighted by atomic mass is 9.92. The second kappa shape index (κ2) is 14.5. The molecule has 0 saturated carbocycles. The molecule has 0 aromatic carbocycles. The molecule has 5 nitrogen and oxygen atoms in total. The van der Waals surface area contributed by atoms with E-state index in [9.17, 15) is 14.7 Å². The van der Waals surface area contributed by atoms with Gasteiger partial charge in [0.15, 0.2) is 0 Å². The number of nitrogens with one attached hydrogen (secondary N) is 1. The molecule has 0 bridgehead atoms. The molecule has 0 aliphatic heterocycles. The van der Waals surface area contributed by atoms with Crippen LogP contribution in [-0.2, 0) is 9.59 Å². The molecule has 1 unspecified atom stereocenters. The predicted molar refractivity (Wildman–Crippen MR) is 84.7 cm³/mol. The van der Waals surface area contributed by atoms with Gasteiger partial charge in [0.2, 0.25) is 5.91 Å². The van der Waals surface area contributed by atoms with E-state index in [4.69, 9.17) is 0 Å². The van der Waals surface area contributed by atoms with Crippen LogP contribution in [0.2, 0.25) is 0 Å². The molecule has 0 heterocycles. The zero-order valence-electron chi connectivity index (χ0n) is 14.7. The first-order valence-corrected chi connectivity index (χ1v) is 7.36. The summed E-state index contributed by atoms with van der Waals surface area (Å²) in [6.45, 7) is 11.2. The molecular weight excluding hydrogens is 256 g/mol. The molecule has 20 heavy (non-hydrogen) atoms. The summed E-state index contributed by atoms with van der Waals surface area (Å²) in [4.78, 5) is 24.2. The summed E-state index contributed by atoms with van der Waals surface area (Å²) in [6, 6.07) is -0.556. The normalized spacial score (nSPS) is 13.9. The SMILES string of the molecule is CC.CC.CNC(=O)C[C@@H](C)C(O)[C@@H](C(C)=O)N(C)C. The Morgan fingerprint density at radius 2 is 1.55 bits per heavy atom. The van der Waals surface area contributed by atoms with Gasteiger partial charge in [-0.3, -0.25) is 14.5 Å². The lowest BCUT2D eigenvalue weighted by Crippen LogP contribution is -2.47. The third kappa shape index (κ3) is 9.92. The minimum absolute atomic E-state index is 0.0961. The van der Waals surface area contributed by atoms with Crippen LogP contribution in [0.3, 0.4) is 0 Å². The van der Waals surface area contributed by atoms with Gasteiger partial charge in [0.1, 0.15) is 5.78 Å². The van der Waals surface area contributed by atoms with Crippen molar-refractivity contribution >= 4 is 11.7 Å². The van der Waals surface area contributed by atoms with Crippen LogP contribution in [0.4, 0.5) is 0 Å². The molecule has 2 N–H and O–H groups in total. The van der Waals surface area contributed by atoms with E-state index in [2.05, 4.69) is 5.32 Å². The van der Waals surface area contributed by atoms with Crippen LogP contribution >= 0.6 is 0 Å². The van der Waals surface area contributed by atoms with Crippen molar-refractivity contribution < 1.29 is 14.7 Å². The Bertz CT molecular complexity index is 256. The van der Waals surface area contributed by atoms with Crippen molar-refractivity contribution in [1.82, 2.24) is 10.2 Å². The molecular formula is C15H34N2O3. The summed E-state index contributed by atoms with van der Waals surface area (Å²) in [6.07, 6.45) is -0.611. The van der Waals surface area contributed by atoms with Crippen molar-refractivity contribution in [3.05, 3.63) is 0 Å². The Labute approximate surface area is 124 Å². The molecule has 0 spiro atoms. The highest BCUT2D eigenvalue weighted by Crippen LogP contribution is 2.15. The maximum atomic E-state index is 11.4. The molecule has 0 aliphatic rings. The van der Waals surface area contributed by atoms with Gasteiger partial charge in [-0.1, -0.05) is 34.6 Å². The molecule has 3 atom stereocenters. The highest BCUT2D eigenvalue weighted by molar-refractivity contribution is 5.82. The summed E-state index contributed by atoms with van der Waals surface area (Å²) in [5, 5.41) is 12.5. The molecule has 0 rings (SSSR count). The van der Waals surface area contributed by atoms with Crippen LogP contribution in [0, 0.1) is 5.92 Å². The van der Waals surface area contributed by atoms with Crippen molar-refractivity contribution in [2.24, 2.45) is 5.92 Å². The standard InChI is InChI=1S/C11H22N2O3.2C2H6/c1-7(6-9(15)12-3)11(16)10(8(2)14)13(4)5;2*1-2/h7,10-11,16H,6H2,1-5H3,(H,12,15);2*1-2H3/t7-,10-,11?;;/m1../s1. The van der Waals surface area contributed by atoms with Gasteiger partial charge in [-0.05, 0) is 26.9 Å². The number of aliphatic hydroxyl groups is 1. The number of Topliss-reactive ketones (excluding diaryl/α,β-unsaturated/α-hetero) is 1. The van der Waals surface area contributed by atoms with Crippen molar-refractivity contribution in [1.29, 1.82) is 0 Å². The fourth-order valence-electron chi connectivity index (χ4n) is 1.74. The summed E-state index contributed by atoms with van der Waals surface area (Å²) < 4.78 is 0. The van der Waals surface area contributed by atoms with Crippen LogP contribution < -0.4 is 5.32 Å². The Balaban J connectivity index is -0.000000656.